The van der Waals surface area contributed by atoms with Crippen LogP contribution < -0.4 is 10.2 Å². The normalized spacial score (nSPS) is 14.0. The predicted octanol–water partition coefficient (Wildman–Crippen LogP) is 2.89. The van der Waals surface area contributed by atoms with Gasteiger partial charge < -0.3 is 15.1 Å². The molecule has 7 nitrogen and oxygen atoms in total. The number of amides is 1. The first-order chi connectivity index (χ1) is 13.7. The summed E-state index contributed by atoms with van der Waals surface area (Å²) < 4.78 is 0. The minimum Gasteiger partial charge on any atom is -0.353 e. The van der Waals surface area contributed by atoms with Crippen molar-refractivity contribution in [2.24, 2.45) is 0 Å². The zero-order valence-corrected chi connectivity index (χ0v) is 15.7. The van der Waals surface area contributed by atoms with E-state index < -0.39 is 0 Å². The lowest BCUT2D eigenvalue weighted by Crippen LogP contribution is -2.49. The van der Waals surface area contributed by atoms with Gasteiger partial charge in [0.2, 0.25) is 0 Å². The molecular weight excluding hydrogens is 352 g/mol. The van der Waals surface area contributed by atoms with Gasteiger partial charge in [0.05, 0.1) is 0 Å². The molecule has 4 rings (SSSR count). The number of pyridine rings is 1. The van der Waals surface area contributed by atoms with E-state index in [1.54, 1.807) is 12.5 Å². The van der Waals surface area contributed by atoms with Crippen molar-refractivity contribution in [1.82, 2.24) is 19.9 Å². The van der Waals surface area contributed by atoms with Crippen LogP contribution in [0.1, 0.15) is 15.9 Å². The molecule has 0 atom stereocenters. The molecule has 1 N–H and O–H groups in total. The van der Waals surface area contributed by atoms with E-state index in [0.29, 0.717) is 18.9 Å². The van der Waals surface area contributed by atoms with Crippen LogP contribution in [0.3, 0.4) is 0 Å². The van der Waals surface area contributed by atoms with Crippen LogP contribution in [0, 0.1) is 6.92 Å². The van der Waals surface area contributed by atoms with Gasteiger partial charge in [0.15, 0.2) is 0 Å². The van der Waals surface area contributed by atoms with Crippen molar-refractivity contribution in [2.45, 2.75) is 6.92 Å². The van der Waals surface area contributed by atoms with E-state index in [0.717, 1.165) is 35.9 Å². The number of hydrogen-bond donors (Lipinski definition) is 1. The SMILES string of the molecule is Cc1ccnc(Nc2cc(N3CCN(C(=O)c4ccccc4)CC3)ncn2)c1. The molecule has 7 heteroatoms. The molecule has 0 spiro atoms. The summed E-state index contributed by atoms with van der Waals surface area (Å²) >= 11 is 0. The van der Waals surface area contributed by atoms with Crippen molar-refractivity contribution >= 4 is 23.4 Å². The quantitative estimate of drug-likeness (QED) is 0.757. The number of carbonyl (C=O) groups excluding carboxylic acids is 1. The number of aryl methyl sites for hydroxylation is 1. The molecule has 0 saturated carbocycles. The van der Waals surface area contributed by atoms with Gasteiger partial charge in [0, 0.05) is 44.0 Å². The molecule has 28 heavy (non-hydrogen) atoms. The molecular formula is C21H22N6O. The maximum absolute atomic E-state index is 12.6. The van der Waals surface area contributed by atoms with Crippen LogP contribution in [-0.4, -0.2) is 51.9 Å². The van der Waals surface area contributed by atoms with E-state index >= 15 is 0 Å². The number of rotatable bonds is 4. The van der Waals surface area contributed by atoms with Crippen LogP contribution >= 0.6 is 0 Å². The lowest BCUT2D eigenvalue weighted by molar-refractivity contribution is 0.0746. The summed E-state index contributed by atoms with van der Waals surface area (Å²) in [5, 5.41) is 3.22. The minimum atomic E-state index is 0.0795. The van der Waals surface area contributed by atoms with Crippen LogP contribution in [0.25, 0.3) is 0 Å². The van der Waals surface area contributed by atoms with Gasteiger partial charge in [-0.1, -0.05) is 18.2 Å². The number of hydrogen-bond acceptors (Lipinski definition) is 6. The van der Waals surface area contributed by atoms with Gasteiger partial charge >= 0.3 is 0 Å². The van der Waals surface area contributed by atoms with Gasteiger partial charge in [-0.3, -0.25) is 4.79 Å². The Kier molecular flexibility index (Phi) is 5.14. The summed E-state index contributed by atoms with van der Waals surface area (Å²) in [6, 6.07) is 15.2. The summed E-state index contributed by atoms with van der Waals surface area (Å²) in [6.45, 7) is 4.82. The molecule has 1 aliphatic rings. The van der Waals surface area contributed by atoms with E-state index in [4.69, 9.17) is 0 Å². The fraction of sp³-hybridized carbons (Fsp3) is 0.238. The Morgan fingerprint density at radius 1 is 0.929 bits per heavy atom. The summed E-state index contributed by atoms with van der Waals surface area (Å²) in [4.78, 5) is 29.7. The molecule has 1 aromatic carbocycles. The first kappa shape index (κ1) is 17.9. The van der Waals surface area contributed by atoms with Crippen molar-refractivity contribution in [3.05, 3.63) is 72.2 Å². The topological polar surface area (TPSA) is 74.2 Å². The van der Waals surface area contributed by atoms with Gasteiger partial charge in [-0.25, -0.2) is 15.0 Å². The summed E-state index contributed by atoms with van der Waals surface area (Å²) in [5.74, 6) is 2.38. The first-order valence-electron chi connectivity index (χ1n) is 9.30. The van der Waals surface area contributed by atoms with Gasteiger partial charge in [-0.05, 0) is 36.8 Å². The molecule has 3 aromatic rings. The highest BCUT2D eigenvalue weighted by molar-refractivity contribution is 5.94. The molecule has 1 amide bonds. The maximum Gasteiger partial charge on any atom is 0.253 e. The zero-order valence-electron chi connectivity index (χ0n) is 15.7. The Hall–Kier alpha value is -3.48. The average Bonchev–Trinajstić information content (AvgIpc) is 2.74. The second-order valence-electron chi connectivity index (χ2n) is 6.75. The second kappa shape index (κ2) is 8.04. The first-order valence-corrected chi connectivity index (χ1v) is 9.30. The fourth-order valence-electron chi connectivity index (χ4n) is 3.23. The van der Waals surface area contributed by atoms with Crippen molar-refractivity contribution in [3.63, 3.8) is 0 Å². The monoisotopic (exact) mass is 374 g/mol. The highest BCUT2D eigenvalue weighted by Crippen LogP contribution is 2.19. The fourth-order valence-corrected chi connectivity index (χ4v) is 3.23. The smallest absolute Gasteiger partial charge is 0.253 e. The molecule has 1 fully saturated rings. The highest BCUT2D eigenvalue weighted by Gasteiger charge is 2.23. The van der Waals surface area contributed by atoms with Crippen LogP contribution in [0.4, 0.5) is 17.5 Å². The Bertz CT molecular complexity index is 954. The van der Waals surface area contributed by atoms with E-state index in [1.165, 1.54) is 0 Å². The maximum atomic E-state index is 12.6. The van der Waals surface area contributed by atoms with Gasteiger partial charge in [0.1, 0.15) is 23.8 Å². The number of benzene rings is 1. The van der Waals surface area contributed by atoms with E-state index in [9.17, 15) is 4.79 Å². The molecule has 1 aliphatic heterocycles. The minimum absolute atomic E-state index is 0.0795. The Balaban J connectivity index is 1.40. The third-order valence-electron chi connectivity index (χ3n) is 4.74. The lowest BCUT2D eigenvalue weighted by Gasteiger charge is -2.35. The van der Waals surface area contributed by atoms with Crippen molar-refractivity contribution in [2.75, 3.05) is 36.4 Å². The van der Waals surface area contributed by atoms with E-state index in [-0.39, 0.29) is 5.91 Å². The molecule has 0 bridgehead atoms. The van der Waals surface area contributed by atoms with Crippen molar-refractivity contribution in [3.8, 4) is 0 Å². The number of piperazine rings is 1. The number of nitrogens with one attached hydrogen (secondary N) is 1. The van der Waals surface area contributed by atoms with Gasteiger partial charge in [-0.2, -0.15) is 0 Å². The summed E-state index contributed by atoms with van der Waals surface area (Å²) in [7, 11) is 0. The average molecular weight is 374 g/mol. The van der Waals surface area contributed by atoms with Crippen LogP contribution in [0.15, 0.2) is 61.1 Å². The van der Waals surface area contributed by atoms with Gasteiger partial charge in [0.25, 0.3) is 5.91 Å². The number of anilines is 3. The number of carbonyl (C=O) groups is 1. The summed E-state index contributed by atoms with van der Waals surface area (Å²) in [6.07, 6.45) is 3.32. The molecule has 2 aromatic heterocycles. The van der Waals surface area contributed by atoms with Gasteiger partial charge in [-0.15, -0.1) is 0 Å². The lowest BCUT2D eigenvalue weighted by atomic mass is 10.2. The van der Waals surface area contributed by atoms with E-state index in [1.807, 2.05) is 60.4 Å². The van der Waals surface area contributed by atoms with Crippen LogP contribution in [0.5, 0.6) is 0 Å². The standard InChI is InChI=1S/C21H22N6O/c1-16-7-8-22-18(13-16)25-19-14-20(24-15-23-19)26-9-11-27(12-10-26)21(28)17-5-3-2-4-6-17/h2-8,13-15H,9-12H2,1H3,(H,22,23,24,25). The second-order valence-corrected chi connectivity index (χ2v) is 6.75. The van der Waals surface area contributed by atoms with E-state index in [2.05, 4.69) is 25.2 Å². The molecule has 0 radical (unpaired) electrons. The highest BCUT2D eigenvalue weighted by atomic mass is 16.2. The third-order valence-corrected chi connectivity index (χ3v) is 4.74. The van der Waals surface area contributed by atoms with Crippen LogP contribution in [-0.2, 0) is 0 Å². The van der Waals surface area contributed by atoms with Crippen LogP contribution in [0.2, 0.25) is 0 Å². The largest absolute Gasteiger partial charge is 0.353 e. The Morgan fingerprint density at radius 2 is 1.68 bits per heavy atom. The van der Waals surface area contributed by atoms with Crippen molar-refractivity contribution in [1.29, 1.82) is 0 Å². The molecule has 0 unspecified atom stereocenters. The Labute approximate surface area is 164 Å². The number of aromatic nitrogens is 3. The van der Waals surface area contributed by atoms with Crippen molar-refractivity contribution < 1.29 is 4.79 Å². The molecule has 3 heterocycles. The Morgan fingerprint density at radius 3 is 2.43 bits per heavy atom. The third kappa shape index (κ3) is 4.09. The predicted molar refractivity (Wildman–Crippen MR) is 109 cm³/mol. The molecule has 0 aliphatic carbocycles. The number of nitrogens with zero attached hydrogens (tertiary/aromatic N) is 5. The molecule has 142 valence electrons. The summed E-state index contributed by atoms with van der Waals surface area (Å²) in [5.41, 5.74) is 1.86. The molecule has 1 saturated heterocycles. The zero-order chi connectivity index (χ0) is 19.3.